The molecule has 244 valence electrons. The Morgan fingerprint density at radius 1 is 1.02 bits per heavy atom. The van der Waals surface area contributed by atoms with Crippen LogP contribution in [0.4, 0.5) is 17.6 Å². The maximum absolute atomic E-state index is 14.1. The van der Waals surface area contributed by atoms with Crippen molar-refractivity contribution in [1.82, 2.24) is 14.7 Å². The van der Waals surface area contributed by atoms with E-state index in [9.17, 15) is 22.4 Å². The van der Waals surface area contributed by atoms with Crippen LogP contribution in [0, 0.1) is 17.7 Å². The molecule has 44 heavy (non-hydrogen) atoms. The summed E-state index contributed by atoms with van der Waals surface area (Å²) in [4.78, 5) is 19.7. The number of morpholine rings is 1. The maximum Gasteiger partial charge on any atom is 0.416 e. The van der Waals surface area contributed by atoms with Gasteiger partial charge in [-0.3, -0.25) is 14.6 Å². The Hall–Kier alpha value is -2.75. The molecule has 0 radical (unpaired) electrons. The molecule has 2 aromatic carbocycles. The average molecular weight is 665 g/mol. The van der Waals surface area contributed by atoms with Gasteiger partial charge in [-0.1, -0.05) is 17.9 Å². The number of hydrogen-bond donors (Lipinski definition) is 0. The Morgan fingerprint density at radius 2 is 1.75 bits per heavy atom. The first kappa shape index (κ1) is 37.4. The van der Waals surface area contributed by atoms with E-state index in [1.165, 1.54) is 26.4 Å². The first-order valence-corrected chi connectivity index (χ1v) is 13.8. The molecule has 2 aliphatic rings. The molecule has 2 aliphatic heterocycles. The van der Waals surface area contributed by atoms with E-state index in [0.717, 1.165) is 24.2 Å². The summed E-state index contributed by atoms with van der Waals surface area (Å²) in [5, 5.41) is 0. The van der Waals surface area contributed by atoms with Gasteiger partial charge in [0.2, 0.25) is 0 Å². The second kappa shape index (κ2) is 16.0. The molecule has 0 bridgehead atoms. The van der Waals surface area contributed by atoms with Gasteiger partial charge in [0.15, 0.2) is 11.6 Å². The van der Waals surface area contributed by atoms with Crippen molar-refractivity contribution in [1.29, 1.82) is 0 Å². The minimum atomic E-state index is -4.64. The number of nitrogens with zero attached hydrogens (tertiary/aromatic N) is 3. The largest absolute Gasteiger partial charge is 0.497 e. The molecule has 0 unspecified atom stereocenters. The van der Waals surface area contributed by atoms with E-state index in [-0.39, 0.29) is 47.4 Å². The molecule has 2 saturated heterocycles. The fourth-order valence-electron chi connectivity index (χ4n) is 5.28. The zero-order valence-electron chi connectivity index (χ0n) is 25.2. The molecule has 0 spiro atoms. The predicted molar refractivity (Wildman–Crippen MR) is 165 cm³/mol. The van der Waals surface area contributed by atoms with Crippen molar-refractivity contribution in [2.24, 2.45) is 0 Å². The minimum absolute atomic E-state index is 0. The Labute approximate surface area is 268 Å². The van der Waals surface area contributed by atoms with E-state index in [0.29, 0.717) is 52.4 Å². The molecule has 0 N–H and O–H groups in total. The smallest absolute Gasteiger partial charge is 0.416 e. The van der Waals surface area contributed by atoms with Crippen LogP contribution in [-0.2, 0) is 17.3 Å². The summed E-state index contributed by atoms with van der Waals surface area (Å²) in [6, 6.07) is 7.14. The number of piperazine rings is 1. The first-order chi connectivity index (χ1) is 19.9. The van der Waals surface area contributed by atoms with Gasteiger partial charge < -0.3 is 19.1 Å². The van der Waals surface area contributed by atoms with Crippen molar-refractivity contribution in [3.63, 3.8) is 0 Å². The SMILES string of the molecule is COc1cc(C(=O)N2CCN(CC#CCN3CCOCC3(C)C)C[C@H]2Cc2ccc(F)c(OC)c2)cc(C(F)(F)F)c1.Cl.Cl. The van der Waals surface area contributed by atoms with Gasteiger partial charge in [0.05, 0.1) is 46.1 Å². The van der Waals surface area contributed by atoms with Crippen molar-refractivity contribution >= 4 is 30.7 Å². The fraction of sp³-hybridized carbons (Fsp3) is 0.516. The first-order valence-electron chi connectivity index (χ1n) is 13.8. The van der Waals surface area contributed by atoms with E-state index in [1.54, 1.807) is 17.0 Å². The highest BCUT2D eigenvalue weighted by Gasteiger charge is 2.35. The third kappa shape index (κ3) is 9.38. The molecule has 2 aromatic rings. The highest BCUT2D eigenvalue weighted by molar-refractivity contribution is 5.95. The minimum Gasteiger partial charge on any atom is -0.497 e. The van der Waals surface area contributed by atoms with E-state index < -0.39 is 29.5 Å². The maximum atomic E-state index is 14.1. The number of methoxy groups -OCH3 is 2. The Bertz CT molecular complexity index is 1330. The van der Waals surface area contributed by atoms with Crippen LogP contribution in [0.1, 0.15) is 35.3 Å². The third-order valence-corrected chi connectivity index (χ3v) is 7.75. The van der Waals surface area contributed by atoms with Crippen LogP contribution < -0.4 is 9.47 Å². The average Bonchev–Trinajstić information content (AvgIpc) is 2.96. The lowest BCUT2D eigenvalue weighted by Gasteiger charge is -2.41. The zero-order valence-corrected chi connectivity index (χ0v) is 26.8. The van der Waals surface area contributed by atoms with Gasteiger partial charge in [-0.25, -0.2) is 4.39 Å². The molecule has 2 heterocycles. The Kier molecular flexibility index (Phi) is 13.6. The van der Waals surface area contributed by atoms with Gasteiger partial charge in [0, 0.05) is 43.3 Å². The number of carbonyl (C=O) groups excluding carboxylic acids is 1. The number of carbonyl (C=O) groups is 1. The lowest BCUT2D eigenvalue weighted by atomic mass is 9.99. The number of halogens is 6. The third-order valence-electron chi connectivity index (χ3n) is 7.75. The summed E-state index contributed by atoms with van der Waals surface area (Å²) in [6.07, 6.45) is -4.29. The Balaban J connectivity index is 0.00000337. The molecule has 0 aromatic heterocycles. The molecule has 1 amide bonds. The van der Waals surface area contributed by atoms with Crippen LogP contribution >= 0.6 is 24.8 Å². The number of hydrogen-bond acceptors (Lipinski definition) is 6. The number of ether oxygens (including phenoxy) is 3. The van der Waals surface area contributed by atoms with Crippen molar-refractivity contribution in [3.05, 3.63) is 58.9 Å². The summed E-state index contributed by atoms with van der Waals surface area (Å²) in [5.74, 6) is 5.50. The van der Waals surface area contributed by atoms with Crippen LogP contribution in [0.15, 0.2) is 36.4 Å². The molecular formula is C31H39Cl2F4N3O4. The lowest BCUT2D eigenvalue weighted by molar-refractivity contribution is -0.137. The van der Waals surface area contributed by atoms with Crippen LogP contribution in [-0.4, -0.2) is 98.9 Å². The van der Waals surface area contributed by atoms with Gasteiger partial charge in [-0.15, -0.1) is 24.8 Å². The number of amides is 1. The molecular weight excluding hydrogens is 625 g/mol. The van der Waals surface area contributed by atoms with E-state index in [4.69, 9.17) is 14.2 Å². The van der Waals surface area contributed by atoms with Crippen molar-refractivity contribution in [3.8, 4) is 23.3 Å². The normalized spacial score (nSPS) is 18.7. The second-order valence-electron chi connectivity index (χ2n) is 11.1. The van der Waals surface area contributed by atoms with E-state index in [2.05, 4.69) is 35.5 Å². The summed E-state index contributed by atoms with van der Waals surface area (Å²) in [5.41, 5.74) is -0.418. The Morgan fingerprint density at radius 3 is 2.41 bits per heavy atom. The van der Waals surface area contributed by atoms with Gasteiger partial charge in [0.25, 0.3) is 5.91 Å². The quantitative estimate of drug-likeness (QED) is 0.300. The van der Waals surface area contributed by atoms with Gasteiger partial charge in [-0.05, 0) is 56.2 Å². The monoisotopic (exact) mass is 663 g/mol. The number of rotatable bonds is 7. The lowest BCUT2D eigenvalue weighted by Crippen LogP contribution is -2.56. The summed E-state index contributed by atoms with van der Waals surface area (Å²) in [6.45, 7) is 8.72. The molecule has 13 heteroatoms. The van der Waals surface area contributed by atoms with Crippen molar-refractivity contribution in [2.75, 3.05) is 66.7 Å². The van der Waals surface area contributed by atoms with Gasteiger partial charge in [-0.2, -0.15) is 13.2 Å². The summed E-state index contributed by atoms with van der Waals surface area (Å²) >= 11 is 0. The second-order valence-corrected chi connectivity index (χ2v) is 11.1. The van der Waals surface area contributed by atoms with Crippen molar-refractivity contribution < 1.29 is 36.6 Å². The topological polar surface area (TPSA) is 54.5 Å². The van der Waals surface area contributed by atoms with Crippen LogP contribution in [0.3, 0.4) is 0 Å². The molecule has 4 rings (SSSR count). The van der Waals surface area contributed by atoms with E-state index in [1.807, 2.05) is 0 Å². The number of benzene rings is 2. The highest BCUT2D eigenvalue weighted by atomic mass is 35.5. The van der Waals surface area contributed by atoms with Crippen LogP contribution in [0.25, 0.3) is 0 Å². The fourth-order valence-corrected chi connectivity index (χ4v) is 5.28. The molecule has 0 aliphatic carbocycles. The highest BCUT2D eigenvalue weighted by Crippen LogP contribution is 2.33. The zero-order chi connectivity index (χ0) is 30.5. The summed E-state index contributed by atoms with van der Waals surface area (Å²) in [7, 11) is 2.63. The molecule has 1 atom stereocenters. The standard InChI is InChI=1S/C31H37F4N3O4.2ClH/c1-30(2)21-42-14-13-37(30)10-6-5-9-36-11-12-38(25(20-36)15-22-7-8-27(32)28(16-22)41-4)29(39)23-17-24(31(33,34)35)19-26(18-23)40-3;;/h7-8,16-19,25H,9-15,20-21H2,1-4H3;2*1H/t25-;;/m1../s1. The van der Waals surface area contributed by atoms with Gasteiger partial charge in [0.1, 0.15) is 5.75 Å². The number of alkyl halides is 3. The molecule has 0 saturated carbocycles. The van der Waals surface area contributed by atoms with Crippen LogP contribution in [0.5, 0.6) is 11.5 Å². The van der Waals surface area contributed by atoms with Crippen LogP contribution in [0.2, 0.25) is 0 Å². The molecule has 7 nitrogen and oxygen atoms in total. The predicted octanol–water partition coefficient (Wildman–Crippen LogP) is 5.19. The molecule has 2 fully saturated rings. The van der Waals surface area contributed by atoms with Crippen molar-refractivity contribution in [2.45, 2.75) is 38.0 Å². The van der Waals surface area contributed by atoms with E-state index >= 15 is 0 Å². The van der Waals surface area contributed by atoms with Gasteiger partial charge >= 0.3 is 6.18 Å². The summed E-state index contributed by atoms with van der Waals surface area (Å²) < 4.78 is 70.5.